The predicted molar refractivity (Wildman–Crippen MR) is 69.4 cm³/mol. The summed E-state index contributed by atoms with van der Waals surface area (Å²) in [5.41, 5.74) is 2.65. The van der Waals surface area contributed by atoms with Gasteiger partial charge in [-0.05, 0) is 36.2 Å². The molecule has 0 spiro atoms. The lowest BCUT2D eigenvalue weighted by Crippen LogP contribution is -2.34. The Bertz CT molecular complexity index is 649. The normalized spacial score (nSPS) is 14.2. The van der Waals surface area contributed by atoms with Crippen LogP contribution in [0.15, 0.2) is 35.3 Å². The van der Waals surface area contributed by atoms with E-state index >= 15 is 0 Å². The van der Waals surface area contributed by atoms with Gasteiger partial charge in [0.2, 0.25) is 0 Å². The molecule has 3 rings (SSSR count). The number of fused-ring (bicyclic) bond motifs is 1. The van der Waals surface area contributed by atoms with Gasteiger partial charge < -0.3 is 5.32 Å². The van der Waals surface area contributed by atoms with Crippen molar-refractivity contribution in [3.05, 3.63) is 63.3 Å². The molecule has 0 saturated carbocycles. The van der Waals surface area contributed by atoms with Gasteiger partial charge in [0.1, 0.15) is 5.82 Å². The van der Waals surface area contributed by atoms with Crippen LogP contribution in [0.5, 0.6) is 0 Å². The van der Waals surface area contributed by atoms with Crippen LogP contribution in [0, 0.1) is 5.82 Å². The van der Waals surface area contributed by atoms with E-state index < -0.39 is 0 Å². The molecule has 0 bridgehead atoms. The first-order valence-electron chi connectivity index (χ1n) is 6.27. The first-order valence-corrected chi connectivity index (χ1v) is 6.27. The molecule has 0 radical (unpaired) electrons. The fourth-order valence-electron chi connectivity index (χ4n) is 2.29. The summed E-state index contributed by atoms with van der Waals surface area (Å²) in [6, 6.07) is 6.13. The van der Waals surface area contributed by atoms with Crippen molar-refractivity contribution in [3.63, 3.8) is 0 Å². The number of nitrogens with zero attached hydrogens (tertiary/aromatic N) is 2. The summed E-state index contributed by atoms with van der Waals surface area (Å²) in [6.07, 6.45) is 2.48. The zero-order valence-corrected chi connectivity index (χ0v) is 10.4. The molecule has 5 heteroatoms. The second kappa shape index (κ2) is 4.93. The van der Waals surface area contributed by atoms with Gasteiger partial charge in [-0.15, -0.1) is 0 Å². The summed E-state index contributed by atoms with van der Waals surface area (Å²) < 4.78 is 14.3. The lowest BCUT2D eigenvalue weighted by molar-refractivity contribution is 0.577. The van der Waals surface area contributed by atoms with E-state index in [1.54, 1.807) is 18.3 Å². The number of rotatable bonds is 2. The van der Waals surface area contributed by atoms with E-state index in [4.69, 9.17) is 0 Å². The fraction of sp³-hybridized carbons (Fsp3) is 0.286. The molecule has 2 heterocycles. The second-order valence-corrected chi connectivity index (χ2v) is 4.66. The van der Waals surface area contributed by atoms with Crippen LogP contribution < -0.4 is 10.9 Å². The Labute approximate surface area is 109 Å². The third kappa shape index (κ3) is 2.42. The van der Waals surface area contributed by atoms with Crippen LogP contribution in [0.4, 0.5) is 4.39 Å². The molecule has 1 aromatic heterocycles. The highest BCUT2D eigenvalue weighted by atomic mass is 19.1. The molecule has 1 N–H and O–H groups in total. The Morgan fingerprint density at radius 1 is 1.32 bits per heavy atom. The molecule has 1 aliphatic rings. The Morgan fingerprint density at radius 3 is 2.89 bits per heavy atom. The van der Waals surface area contributed by atoms with E-state index in [9.17, 15) is 9.18 Å². The highest BCUT2D eigenvalue weighted by Crippen LogP contribution is 2.08. The molecule has 1 aliphatic heterocycles. The van der Waals surface area contributed by atoms with Gasteiger partial charge in [-0.25, -0.2) is 9.07 Å². The van der Waals surface area contributed by atoms with Crippen molar-refractivity contribution in [2.24, 2.45) is 0 Å². The summed E-state index contributed by atoms with van der Waals surface area (Å²) in [4.78, 5) is 12.3. The fourth-order valence-corrected chi connectivity index (χ4v) is 2.29. The number of aromatic nitrogens is 2. The van der Waals surface area contributed by atoms with E-state index in [1.807, 2.05) is 0 Å². The SMILES string of the molecule is O=c1c2c(cnn1Cc1ccc(F)cc1)CNCC2. The molecule has 19 heavy (non-hydrogen) atoms. The zero-order valence-electron chi connectivity index (χ0n) is 10.4. The first kappa shape index (κ1) is 12.0. The standard InChI is InChI=1S/C14H14FN3O/c15-12-3-1-10(2-4-12)9-18-14(19)13-5-6-16-7-11(13)8-17-18/h1-4,8,16H,5-7,9H2. The average Bonchev–Trinajstić information content (AvgIpc) is 2.45. The monoisotopic (exact) mass is 259 g/mol. The third-order valence-electron chi connectivity index (χ3n) is 3.35. The zero-order chi connectivity index (χ0) is 13.2. The maximum atomic E-state index is 12.8. The largest absolute Gasteiger partial charge is 0.312 e. The Morgan fingerprint density at radius 2 is 2.11 bits per heavy atom. The Balaban J connectivity index is 1.93. The van der Waals surface area contributed by atoms with Crippen molar-refractivity contribution in [1.29, 1.82) is 0 Å². The minimum absolute atomic E-state index is 0.0386. The quantitative estimate of drug-likeness (QED) is 0.877. The molecule has 0 unspecified atom stereocenters. The smallest absolute Gasteiger partial charge is 0.270 e. The van der Waals surface area contributed by atoms with Gasteiger partial charge in [0.15, 0.2) is 0 Å². The van der Waals surface area contributed by atoms with Crippen LogP contribution in [0.25, 0.3) is 0 Å². The molecule has 2 aromatic rings. The lowest BCUT2D eigenvalue weighted by atomic mass is 10.1. The van der Waals surface area contributed by atoms with Gasteiger partial charge in [0, 0.05) is 12.1 Å². The van der Waals surface area contributed by atoms with Crippen LogP contribution in [-0.4, -0.2) is 16.3 Å². The second-order valence-electron chi connectivity index (χ2n) is 4.66. The van der Waals surface area contributed by atoms with E-state index in [0.717, 1.165) is 29.7 Å². The Kier molecular flexibility index (Phi) is 3.13. The summed E-state index contributed by atoms with van der Waals surface area (Å²) in [5.74, 6) is -0.277. The lowest BCUT2D eigenvalue weighted by Gasteiger charge is -2.17. The highest BCUT2D eigenvalue weighted by molar-refractivity contribution is 5.24. The molecular formula is C14H14FN3O. The van der Waals surface area contributed by atoms with Crippen molar-refractivity contribution in [3.8, 4) is 0 Å². The molecule has 0 amide bonds. The van der Waals surface area contributed by atoms with Crippen molar-refractivity contribution >= 4 is 0 Å². The summed E-state index contributed by atoms with van der Waals surface area (Å²) in [7, 11) is 0. The average molecular weight is 259 g/mol. The Hall–Kier alpha value is -2.01. The van der Waals surface area contributed by atoms with Crippen molar-refractivity contribution in [1.82, 2.24) is 15.1 Å². The van der Waals surface area contributed by atoms with Crippen molar-refractivity contribution in [2.75, 3.05) is 6.54 Å². The molecule has 0 fully saturated rings. The molecule has 4 nitrogen and oxygen atoms in total. The molecule has 98 valence electrons. The number of benzene rings is 1. The summed E-state index contributed by atoms with van der Waals surface area (Å²) in [5, 5.41) is 7.39. The van der Waals surface area contributed by atoms with Gasteiger partial charge in [0.05, 0.1) is 12.7 Å². The van der Waals surface area contributed by atoms with Crippen LogP contribution in [0.1, 0.15) is 16.7 Å². The minimum atomic E-state index is -0.277. The maximum Gasteiger partial charge on any atom is 0.270 e. The number of hydrogen-bond donors (Lipinski definition) is 1. The molecule has 0 atom stereocenters. The van der Waals surface area contributed by atoms with E-state index in [2.05, 4.69) is 10.4 Å². The van der Waals surface area contributed by atoms with Gasteiger partial charge in [-0.2, -0.15) is 5.10 Å². The molecule has 0 saturated heterocycles. The highest BCUT2D eigenvalue weighted by Gasteiger charge is 2.14. The van der Waals surface area contributed by atoms with Gasteiger partial charge in [-0.3, -0.25) is 4.79 Å². The van der Waals surface area contributed by atoms with E-state index in [1.165, 1.54) is 16.8 Å². The third-order valence-corrected chi connectivity index (χ3v) is 3.35. The van der Waals surface area contributed by atoms with Gasteiger partial charge in [0.25, 0.3) is 5.56 Å². The topological polar surface area (TPSA) is 46.9 Å². The molecular weight excluding hydrogens is 245 g/mol. The first-order chi connectivity index (χ1) is 9.24. The van der Waals surface area contributed by atoms with Crippen LogP contribution in [0.3, 0.4) is 0 Å². The number of nitrogens with one attached hydrogen (secondary N) is 1. The van der Waals surface area contributed by atoms with Crippen LogP contribution in [-0.2, 0) is 19.5 Å². The van der Waals surface area contributed by atoms with Crippen molar-refractivity contribution in [2.45, 2.75) is 19.5 Å². The van der Waals surface area contributed by atoms with Gasteiger partial charge in [-0.1, -0.05) is 12.1 Å². The summed E-state index contributed by atoms with van der Waals surface area (Å²) >= 11 is 0. The predicted octanol–water partition coefficient (Wildman–Crippen LogP) is 1.08. The molecule has 0 aliphatic carbocycles. The molecule has 1 aromatic carbocycles. The number of halogens is 1. The van der Waals surface area contributed by atoms with Crippen molar-refractivity contribution < 1.29 is 4.39 Å². The summed E-state index contributed by atoms with van der Waals surface area (Å²) in [6.45, 7) is 1.90. The van der Waals surface area contributed by atoms with Gasteiger partial charge >= 0.3 is 0 Å². The van der Waals surface area contributed by atoms with E-state index in [0.29, 0.717) is 13.1 Å². The maximum absolute atomic E-state index is 12.8. The van der Waals surface area contributed by atoms with E-state index in [-0.39, 0.29) is 11.4 Å². The minimum Gasteiger partial charge on any atom is -0.312 e. The van der Waals surface area contributed by atoms with Crippen LogP contribution in [0.2, 0.25) is 0 Å². The van der Waals surface area contributed by atoms with Crippen LogP contribution >= 0.6 is 0 Å². The number of hydrogen-bond acceptors (Lipinski definition) is 3.